The summed E-state index contributed by atoms with van der Waals surface area (Å²) in [6.45, 7) is 3.43. The Morgan fingerprint density at radius 2 is 1.96 bits per heavy atom. The number of carbonyl (C=O) groups excluding carboxylic acids is 1. The second-order valence-electron chi connectivity index (χ2n) is 5.77. The molecule has 0 bridgehead atoms. The van der Waals surface area contributed by atoms with Crippen LogP contribution in [0.5, 0.6) is 5.88 Å². The summed E-state index contributed by atoms with van der Waals surface area (Å²) in [6.07, 6.45) is 4.32. The number of hydrogen-bond donors (Lipinski definition) is 2. The lowest BCUT2D eigenvalue weighted by molar-refractivity contribution is 0.239. The monoisotopic (exact) mass is 343 g/mol. The Kier molecular flexibility index (Phi) is 7.00. The highest BCUT2D eigenvalue weighted by Gasteiger charge is 2.07. The predicted octanol–water partition coefficient (Wildman–Crippen LogP) is 2.33. The summed E-state index contributed by atoms with van der Waals surface area (Å²) in [6, 6.07) is 7.30. The molecule has 2 rings (SSSR count). The molecule has 0 unspecified atom stereocenters. The second-order valence-corrected chi connectivity index (χ2v) is 5.77. The van der Waals surface area contributed by atoms with E-state index in [4.69, 9.17) is 4.74 Å². The van der Waals surface area contributed by atoms with Crippen molar-refractivity contribution in [2.45, 2.75) is 26.4 Å². The van der Waals surface area contributed by atoms with Gasteiger partial charge < -0.3 is 20.3 Å². The molecule has 0 aromatic carbocycles. The molecule has 0 aliphatic carbocycles. The van der Waals surface area contributed by atoms with Crippen molar-refractivity contribution in [1.29, 1.82) is 0 Å². The maximum atomic E-state index is 12.0. The van der Waals surface area contributed by atoms with Gasteiger partial charge in [0.15, 0.2) is 0 Å². The lowest BCUT2D eigenvalue weighted by Gasteiger charge is -2.13. The first-order chi connectivity index (χ1) is 12.1. The average Bonchev–Trinajstić information content (AvgIpc) is 2.63. The van der Waals surface area contributed by atoms with Crippen molar-refractivity contribution in [2.75, 3.05) is 25.6 Å². The zero-order chi connectivity index (χ0) is 18.1. The fourth-order valence-electron chi connectivity index (χ4n) is 2.12. The number of nitrogens with zero attached hydrogens (tertiary/aromatic N) is 3. The second kappa shape index (κ2) is 9.46. The van der Waals surface area contributed by atoms with Crippen LogP contribution in [0.25, 0.3) is 0 Å². The quantitative estimate of drug-likeness (QED) is 0.769. The van der Waals surface area contributed by atoms with E-state index in [-0.39, 0.29) is 6.03 Å². The van der Waals surface area contributed by atoms with Crippen molar-refractivity contribution in [2.24, 2.45) is 0 Å². The number of pyridine rings is 2. The molecule has 0 saturated carbocycles. The molecule has 0 radical (unpaired) electrons. The highest BCUT2D eigenvalue weighted by atomic mass is 16.5. The van der Waals surface area contributed by atoms with Gasteiger partial charge in [0.05, 0.1) is 6.61 Å². The van der Waals surface area contributed by atoms with Gasteiger partial charge in [-0.15, -0.1) is 0 Å². The van der Waals surface area contributed by atoms with E-state index in [0.29, 0.717) is 25.6 Å². The molecular weight excluding hydrogens is 318 g/mol. The van der Waals surface area contributed by atoms with E-state index in [2.05, 4.69) is 20.6 Å². The van der Waals surface area contributed by atoms with Crippen LogP contribution in [0.3, 0.4) is 0 Å². The largest absolute Gasteiger partial charge is 0.477 e. The fraction of sp³-hybridized carbons (Fsp3) is 0.389. The summed E-state index contributed by atoms with van der Waals surface area (Å²) >= 11 is 0. The van der Waals surface area contributed by atoms with Crippen LogP contribution in [0.15, 0.2) is 36.7 Å². The van der Waals surface area contributed by atoms with Crippen LogP contribution >= 0.6 is 0 Å². The predicted molar refractivity (Wildman–Crippen MR) is 97.7 cm³/mol. The minimum atomic E-state index is -0.242. The van der Waals surface area contributed by atoms with Gasteiger partial charge in [0.1, 0.15) is 5.82 Å². The molecule has 7 heteroatoms. The van der Waals surface area contributed by atoms with Gasteiger partial charge in [0.25, 0.3) is 0 Å². The minimum Gasteiger partial charge on any atom is -0.477 e. The smallest absolute Gasteiger partial charge is 0.315 e. The molecule has 25 heavy (non-hydrogen) atoms. The van der Waals surface area contributed by atoms with E-state index in [1.807, 2.05) is 50.2 Å². The van der Waals surface area contributed by atoms with Gasteiger partial charge in [-0.25, -0.2) is 14.8 Å². The third kappa shape index (κ3) is 5.95. The maximum absolute atomic E-state index is 12.0. The Morgan fingerprint density at radius 1 is 1.16 bits per heavy atom. The highest BCUT2D eigenvalue weighted by molar-refractivity contribution is 5.73. The van der Waals surface area contributed by atoms with Crippen molar-refractivity contribution in [3.8, 4) is 5.88 Å². The van der Waals surface area contributed by atoms with Gasteiger partial charge in [-0.3, -0.25) is 0 Å². The lowest BCUT2D eigenvalue weighted by atomic mass is 10.2. The van der Waals surface area contributed by atoms with E-state index < -0.39 is 0 Å². The lowest BCUT2D eigenvalue weighted by Crippen LogP contribution is -2.34. The molecule has 0 atom stereocenters. The zero-order valence-corrected chi connectivity index (χ0v) is 15.0. The number of hydrogen-bond acceptors (Lipinski definition) is 5. The van der Waals surface area contributed by atoms with E-state index in [9.17, 15) is 4.79 Å². The number of aromatic nitrogens is 2. The molecule has 0 fully saturated rings. The molecule has 0 aliphatic heterocycles. The van der Waals surface area contributed by atoms with Crippen LogP contribution in [0.4, 0.5) is 10.6 Å². The molecular formula is C18H25N5O2. The molecule has 0 aliphatic rings. The Bertz CT molecular complexity index is 691. The van der Waals surface area contributed by atoms with Crippen molar-refractivity contribution in [3.05, 3.63) is 47.8 Å². The van der Waals surface area contributed by atoms with Crippen LogP contribution in [-0.2, 0) is 13.1 Å². The van der Waals surface area contributed by atoms with Gasteiger partial charge in [-0.2, -0.15) is 0 Å². The number of anilines is 1. The van der Waals surface area contributed by atoms with Gasteiger partial charge in [0, 0.05) is 45.1 Å². The van der Waals surface area contributed by atoms with Crippen LogP contribution < -0.4 is 20.3 Å². The van der Waals surface area contributed by atoms with Gasteiger partial charge in [-0.1, -0.05) is 13.0 Å². The number of carbonyl (C=O) groups is 1. The standard InChI is InChI=1S/C18H25N5O2/c1-4-10-25-17-15(6-5-8-20-17)13-22-18(24)21-12-14-7-9-19-16(11-14)23(2)3/h5-9,11H,4,10,12-13H2,1-3H3,(H2,21,22,24). The molecule has 134 valence electrons. The topological polar surface area (TPSA) is 79.4 Å². The van der Waals surface area contributed by atoms with Crippen LogP contribution in [0.2, 0.25) is 0 Å². The maximum Gasteiger partial charge on any atom is 0.315 e. The molecule has 2 aromatic rings. The summed E-state index contributed by atoms with van der Waals surface area (Å²) in [5, 5.41) is 5.67. The van der Waals surface area contributed by atoms with Crippen molar-refractivity contribution in [1.82, 2.24) is 20.6 Å². The molecule has 2 N–H and O–H groups in total. The first-order valence-corrected chi connectivity index (χ1v) is 8.30. The molecule has 0 spiro atoms. The zero-order valence-electron chi connectivity index (χ0n) is 15.0. The number of ether oxygens (including phenoxy) is 1. The van der Waals surface area contributed by atoms with Gasteiger partial charge >= 0.3 is 6.03 Å². The Labute approximate surface area is 148 Å². The van der Waals surface area contributed by atoms with Crippen LogP contribution in [-0.4, -0.2) is 36.7 Å². The van der Waals surface area contributed by atoms with E-state index >= 15 is 0 Å². The third-order valence-corrected chi connectivity index (χ3v) is 3.45. The summed E-state index contributed by atoms with van der Waals surface area (Å²) in [5.74, 6) is 1.42. The van der Waals surface area contributed by atoms with Crippen LogP contribution in [0, 0.1) is 0 Å². The number of urea groups is 1. The molecule has 7 nitrogen and oxygen atoms in total. The minimum absolute atomic E-state index is 0.242. The Balaban J connectivity index is 1.84. The van der Waals surface area contributed by atoms with E-state index in [1.165, 1.54) is 0 Å². The normalized spacial score (nSPS) is 10.2. The van der Waals surface area contributed by atoms with E-state index in [1.54, 1.807) is 12.4 Å². The first-order valence-electron chi connectivity index (χ1n) is 8.30. The SMILES string of the molecule is CCCOc1ncccc1CNC(=O)NCc1ccnc(N(C)C)c1. The summed E-state index contributed by atoms with van der Waals surface area (Å²) < 4.78 is 5.59. The molecule has 2 aromatic heterocycles. The summed E-state index contributed by atoms with van der Waals surface area (Å²) in [5.41, 5.74) is 1.84. The van der Waals surface area contributed by atoms with Crippen LogP contribution in [0.1, 0.15) is 24.5 Å². The van der Waals surface area contributed by atoms with E-state index in [0.717, 1.165) is 23.4 Å². The Hall–Kier alpha value is -2.83. The average molecular weight is 343 g/mol. The number of amides is 2. The van der Waals surface area contributed by atoms with Gasteiger partial charge in [-0.05, 0) is 30.2 Å². The first kappa shape index (κ1) is 18.5. The van der Waals surface area contributed by atoms with Crippen molar-refractivity contribution in [3.63, 3.8) is 0 Å². The molecule has 2 heterocycles. The molecule has 0 saturated heterocycles. The summed E-state index contributed by atoms with van der Waals surface area (Å²) in [4.78, 5) is 22.4. The van der Waals surface area contributed by atoms with Gasteiger partial charge in [0.2, 0.25) is 5.88 Å². The number of rotatable bonds is 8. The summed E-state index contributed by atoms with van der Waals surface area (Å²) in [7, 11) is 3.86. The van der Waals surface area contributed by atoms with Crippen molar-refractivity contribution < 1.29 is 9.53 Å². The highest BCUT2D eigenvalue weighted by Crippen LogP contribution is 2.14. The van der Waals surface area contributed by atoms with Crippen molar-refractivity contribution >= 4 is 11.8 Å². The fourth-order valence-corrected chi connectivity index (χ4v) is 2.12. The number of nitrogens with one attached hydrogen (secondary N) is 2. The molecule has 2 amide bonds. The third-order valence-electron chi connectivity index (χ3n) is 3.45. The Morgan fingerprint density at radius 3 is 2.72 bits per heavy atom.